The number of benzene rings is 1. The van der Waals surface area contributed by atoms with Crippen molar-refractivity contribution in [3.05, 3.63) is 35.4 Å². The molecule has 0 bridgehead atoms. The van der Waals surface area contributed by atoms with Gasteiger partial charge in [-0.05, 0) is 65.7 Å². The van der Waals surface area contributed by atoms with Crippen LogP contribution in [0.4, 0.5) is 0 Å². The standard InChI is InChI=1S/C24H44N2O4Si2/c1-7-27-31(5,28-8-2)19-13-17-25-21-23-15-11-12-16-24(23)22-26-18-14-20-32(6,29-9-3)30-10-4/h11-12,15-16,21-22H,7-10,13-14,17-20H2,1-6H3/b25-21+,26-22+. The van der Waals surface area contributed by atoms with Gasteiger partial charge in [0.05, 0.1) is 0 Å². The van der Waals surface area contributed by atoms with Crippen LogP contribution < -0.4 is 0 Å². The van der Waals surface area contributed by atoms with Crippen LogP contribution in [-0.4, -0.2) is 69.1 Å². The van der Waals surface area contributed by atoms with Gasteiger partial charge in [-0.15, -0.1) is 0 Å². The molecule has 0 aromatic heterocycles. The molecule has 0 saturated carbocycles. The zero-order chi connectivity index (χ0) is 23.7. The van der Waals surface area contributed by atoms with Crippen molar-refractivity contribution < 1.29 is 17.7 Å². The lowest BCUT2D eigenvalue weighted by atomic mass is 10.1. The van der Waals surface area contributed by atoms with E-state index in [0.717, 1.165) is 49.1 Å². The van der Waals surface area contributed by atoms with E-state index in [1.54, 1.807) is 0 Å². The van der Waals surface area contributed by atoms with Gasteiger partial charge in [-0.1, -0.05) is 24.3 Å². The normalized spacial score (nSPS) is 12.9. The number of aliphatic imine (C=N–C) groups is 2. The van der Waals surface area contributed by atoms with Crippen LogP contribution in [0, 0.1) is 0 Å². The summed E-state index contributed by atoms with van der Waals surface area (Å²) < 4.78 is 23.6. The van der Waals surface area contributed by atoms with Crippen LogP contribution in [0.15, 0.2) is 34.3 Å². The fourth-order valence-corrected chi connectivity index (χ4v) is 8.44. The van der Waals surface area contributed by atoms with Crippen LogP contribution in [0.25, 0.3) is 0 Å². The Kier molecular flexibility index (Phi) is 14.8. The van der Waals surface area contributed by atoms with Crippen molar-refractivity contribution in [2.75, 3.05) is 39.5 Å². The summed E-state index contributed by atoms with van der Waals surface area (Å²) in [5.41, 5.74) is 2.18. The second-order valence-electron chi connectivity index (χ2n) is 7.91. The molecule has 0 fully saturated rings. The average Bonchev–Trinajstić information content (AvgIpc) is 2.75. The summed E-state index contributed by atoms with van der Waals surface area (Å²) in [6.07, 6.45) is 5.85. The molecule has 182 valence electrons. The van der Waals surface area contributed by atoms with E-state index in [1.165, 1.54) is 0 Å². The third kappa shape index (κ3) is 11.6. The van der Waals surface area contributed by atoms with Crippen molar-refractivity contribution in [3.63, 3.8) is 0 Å². The van der Waals surface area contributed by atoms with Gasteiger partial charge in [-0.3, -0.25) is 9.98 Å². The fourth-order valence-electron chi connectivity index (χ4n) is 3.65. The Labute approximate surface area is 198 Å². The Morgan fingerprint density at radius 3 is 1.31 bits per heavy atom. The van der Waals surface area contributed by atoms with Crippen molar-refractivity contribution in [1.82, 2.24) is 0 Å². The van der Waals surface area contributed by atoms with E-state index in [-0.39, 0.29) is 0 Å². The van der Waals surface area contributed by atoms with Gasteiger partial charge in [-0.2, -0.15) is 0 Å². The molecule has 0 atom stereocenters. The first-order chi connectivity index (χ1) is 15.4. The Morgan fingerprint density at radius 2 is 1.00 bits per heavy atom. The Hall–Kier alpha value is -1.17. The van der Waals surface area contributed by atoms with Gasteiger partial charge < -0.3 is 17.7 Å². The first-order valence-corrected chi connectivity index (χ1v) is 17.1. The molecule has 0 saturated heterocycles. The van der Waals surface area contributed by atoms with Gasteiger partial charge >= 0.3 is 17.1 Å². The Balaban J connectivity index is 2.54. The van der Waals surface area contributed by atoms with E-state index in [4.69, 9.17) is 17.7 Å². The number of hydrogen-bond acceptors (Lipinski definition) is 6. The van der Waals surface area contributed by atoms with Gasteiger partial charge in [0.15, 0.2) is 0 Å². The lowest BCUT2D eigenvalue weighted by Crippen LogP contribution is -2.38. The Bertz CT molecular complexity index is 617. The molecule has 0 N–H and O–H groups in total. The average molecular weight is 481 g/mol. The zero-order valence-corrected chi connectivity index (χ0v) is 23.1. The summed E-state index contributed by atoms with van der Waals surface area (Å²) in [6.45, 7) is 16.8. The molecule has 0 unspecified atom stereocenters. The summed E-state index contributed by atoms with van der Waals surface area (Å²) in [4.78, 5) is 9.28. The van der Waals surface area contributed by atoms with E-state index in [0.29, 0.717) is 26.4 Å². The molecule has 1 rings (SSSR count). The minimum atomic E-state index is -2.05. The maximum absolute atomic E-state index is 5.90. The topological polar surface area (TPSA) is 61.6 Å². The molecule has 6 nitrogen and oxygen atoms in total. The number of nitrogens with zero attached hydrogens (tertiary/aromatic N) is 2. The van der Waals surface area contributed by atoms with Crippen molar-refractivity contribution in [2.45, 2.75) is 65.7 Å². The molecule has 0 amide bonds. The van der Waals surface area contributed by atoms with Gasteiger partial charge in [0.2, 0.25) is 0 Å². The lowest BCUT2D eigenvalue weighted by Gasteiger charge is -2.25. The maximum atomic E-state index is 5.90. The minimum Gasteiger partial charge on any atom is -0.395 e. The molecule has 1 aromatic rings. The highest BCUT2D eigenvalue weighted by atomic mass is 28.4. The molecule has 0 heterocycles. The SMILES string of the molecule is CCO[Si](C)(CCC/N=C/c1ccccc1/C=N/CCC[Si](C)(OCC)OCC)OCC. The second-order valence-corrected chi connectivity index (χ2v) is 14.6. The van der Waals surface area contributed by atoms with Crippen LogP contribution in [0.5, 0.6) is 0 Å². The van der Waals surface area contributed by atoms with Crippen molar-refractivity contribution >= 4 is 29.6 Å². The van der Waals surface area contributed by atoms with Crippen molar-refractivity contribution in [3.8, 4) is 0 Å². The van der Waals surface area contributed by atoms with Gasteiger partial charge in [0.25, 0.3) is 0 Å². The molecule has 0 radical (unpaired) electrons. The van der Waals surface area contributed by atoms with Crippen LogP contribution >= 0.6 is 0 Å². The van der Waals surface area contributed by atoms with E-state index < -0.39 is 17.1 Å². The fraction of sp³-hybridized carbons (Fsp3) is 0.667. The molecule has 32 heavy (non-hydrogen) atoms. The molecule has 0 aliphatic rings. The van der Waals surface area contributed by atoms with Crippen molar-refractivity contribution in [2.24, 2.45) is 9.98 Å². The second kappa shape index (κ2) is 16.4. The molecule has 0 spiro atoms. The van der Waals surface area contributed by atoms with Gasteiger partial charge in [-0.25, -0.2) is 0 Å². The molecule has 1 aromatic carbocycles. The minimum absolute atomic E-state index is 0.706. The van der Waals surface area contributed by atoms with E-state index in [2.05, 4.69) is 35.2 Å². The summed E-state index contributed by atoms with van der Waals surface area (Å²) >= 11 is 0. The van der Waals surface area contributed by atoms with E-state index >= 15 is 0 Å². The van der Waals surface area contributed by atoms with E-state index in [1.807, 2.05) is 52.3 Å². The Morgan fingerprint density at radius 1 is 0.656 bits per heavy atom. The third-order valence-corrected chi connectivity index (χ3v) is 11.2. The zero-order valence-electron chi connectivity index (χ0n) is 21.1. The summed E-state index contributed by atoms with van der Waals surface area (Å²) in [6, 6.07) is 10.2. The predicted octanol–water partition coefficient (Wildman–Crippen LogP) is 5.59. The number of rotatable bonds is 18. The highest BCUT2D eigenvalue weighted by molar-refractivity contribution is 6.66. The molecule has 8 heteroatoms. The first-order valence-electron chi connectivity index (χ1n) is 12.1. The highest BCUT2D eigenvalue weighted by Gasteiger charge is 2.30. The molecular weight excluding hydrogens is 436 g/mol. The smallest absolute Gasteiger partial charge is 0.334 e. The first kappa shape index (κ1) is 28.9. The van der Waals surface area contributed by atoms with E-state index in [9.17, 15) is 0 Å². The van der Waals surface area contributed by atoms with Crippen molar-refractivity contribution in [1.29, 1.82) is 0 Å². The summed E-state index contributed by atoms with van der Waals surface area (Å²) in [5.74, 6) is 0. The lowest BCUT2D eigenvalue weighted by molar-refractivity contribution is 0.188. The van der Waals surface area contributed by atoms with Gasteiger partial charge in [0, 0.05) is 63.1 Å². The van der Waals surface area contributed by atoms with Crippen LogP contribution in [0.3, 0.4) is 0 Å². The maximum Gasteiger partial charge on any atom is 0.334 e. The highest BCUT2D eigenvalue weighted by Crippen LogP contribution is 2.17. The van der Waals surface area contributed by atoms with Crippen LogP contribution in [0.2, 0.25) is 25.2 Å². The third-order valence-electron chi connectivity index (χ3n) is 5.09. The number of hydrogen-bond donors (Lipinski definition) is 0. The summed E-state index contributed by atoms with van der Waals surface area (Å²) in [5, 5.41) is 0. The van der Waals surface area contributed by atoms with Crippen LogP contribution in [-0.2, 0) is 17.7 Å². The predicted molar refractivity (Wildman–Crippen MR) is 140 cm³/mol. The summed E-state index contributed by atoms with van der Waals surface area (Å²) in [7, 11) is -4.10. The monoisotopic (exact) mass is 480 g/mol. The molecule has 0 aliphatic carbocycles. The largest absolute Gasteiger partial charge is 0.395 e. The molecule has 0 aliphatic heterocycles. The quantitative estimate of drug-likeness (QED) is 0.156. The van der Waals surface area contributed by atoms with Gasteiger partial charge in [0.1, 0.15) is 0 Å². The van der Waals surface area contributed by atoms with Crippen LogP contribution in [0.1, 0.15) is 51.7 Å². The molecular formula is C24H44N2O4Si2.